The standard InChI is InChI=1S/C7H9N.C6H6O3S/c1-6-4-3-5-7(2)8-6;7-10(8,9)6-4-2-1-3-5-6/h3-5H,1-2H3;1-5H,(H,7,8,9). The average molecular weight is 265 g/mol. The quantitative estimate of drug-likeness (QED) is 0.805. The molecule has 0 radical (unpaired) electrons. The van der Waals surface area contributed by atoms with Crippen molar-refractivity contribution >= 4 is 10.1 Å². The minimum absolute atomic E-state index is 0.0741. The molecule has 0 aliphatic carbocycles. The molecule has 0 aliphatic heterocycles. The monoisotopic (exact) mass is 265 g/mol. The Morgan fingerprint density at radius 2 is 1.39 bits per heavy atom. The molecular formula is C13H15NO3S. The Kier molecular flexibility index (Phi) is 5.00. The van der Waals surface area contributed by atoms with E-state index in [0.29, 0.717) is 0 Å². The maximum Gasteiger partial charge on any atom is 0.294 e. The summed E-state index contributed by atoms with van der Waals surface area (Å²) in [5.41, 5.74) is 2.18. The second-order valence-corrected chi connectivity index (χ2v) is 5.13. The Morgan fingerprint density at radius 3 is 1.67 bits per heavy atom. The maximum absolute atomic E-state index is 10.4. The highest BCUT2D eigenvalue weighted by molar-refractivity contribution is 7.85. The van der Waals surface area contributed by atoms with E-state index in [0.717, 1.165) is 11.4 Å². The van der Waals surface area contributed by atoms with Crippen molar-refractivity contribution in [3.05, 3.63) is 59.9 Å². The van der Waals surface area contributed by atoms with E-state index in [-0.39, 0.29) is 4.90 Å². The molecule has 0 saturated carbocycles. The Labute approximate surface area is 107 Å². The molecule has 1 heterocycles. The van der Waals surface area contributed by atoms with E-state index in [9.17, 15) is 8.42 Å². The summed E-state index contributed by atoms with van der Waals surface area (Å²) in [7, 11) is -4.00. The second-order valence-electron chi connectivity index (χ2n) is 3.71. The first-order valence-electron chi connectivity index (χ1n) is 5.32. The first kappa shape index (κ1) is 14.3. The van der Waals surface area contributed by atoms with Crippen LogP contribution in [0.3, 0.4) is 0 Å². The molecule has 4 nitrogen and oxygen atoms in total. The van der Waals surface area contributed by atoms with Gasteiger partial charge in [0.1, 0.15) is 0 Å². The Bertz CT molecular complexity index is 577. The smallest absolute Gasteiger partial charge is 0.282 e. The molecule has 0 amide bonds. The number of aryl methyl sites for hydroxylation is 2. The molecule has 18 heavy (non-hydrogen) atoms. The van der Waals surface area contributed by atoms with Gasteiger partial charge in [0.2, 0.25) is 0 Å². The molecule has 0 bridgehead atoms. The van der Waals surface area contributed by atoms with Gasteiger partial charge in [-0.05, 0) is 38.1 Å². The third-order valence-corrected chi connectivity index (χ3v) is 2.94. The fourth-order valence-corrected chi connectivity index (χ4v) is 1.77. The zero-order chi connectivity index (χ0) is 13.6. The molecule has 0 fully saturated rings. The van der Waals surface area contributed by atoms with Crippen LogP contribution in [0.1, 0.15) is 11.4 Å². The van der Waals surface area contributed by atoms with Gasteiger partial charge < -0.3 is 0 Å². The van der Waals surface area contributed by atoms with E-state index < -0.39 is 10.1 Å². The molecule has 0 unspecified atom stereocenters. The van der Waals surface area contributed by atoms with E-state index in [4.69, 9.17) is 4.55 Å². The van der Waals surface area contributed by atoms with Gasteiger partial charge in [-0.25, -0.2) is 0 Å². The van der Waals surface area contributed by atoms with Crippen LogP contribution < -0.4 is 0 Å². The van der Waals surface area contributed by atoms with Crippen LogP contribution >= 0.6 is 0 Å². The second kappa shape index (κ2) is 6.28. The summed E-state index contributed by atoms with van der Waals surface area (Å²) in [6, 6.07) is 13.4. The van der Waals surface area contributed by atoms with Crippen LogP contribution in [0, 0.1) is 13.8 Å². The molecule has 0 atom stereocenters. The zero-order valence-corrected chi connectivity index (χ0v) is 11.1. The van der Waals surface area contributed by atoms with Gasteiger partial charge in [-0.1, -0.05) is 24.3 Å². The summed E-state index contributed by atoms with van der Waals surface area (Å²) < 4.78 is 29.2. The highest BCUT2D eigenvalue weighted by Crippen LogP contribution is 2.05. The largest absolute Gasteiger partial charge is 0.294 e. The Balaban J connectivity index is 0.000000184. The number of benzene rings is 1. The molecule has 96 valence electrons. The lowest BCUT2D eigenvalue weighted by molar-refractivity contribution is 0.483. The molecule has 2 aromatic rings. The van der Waals surface area contributed by atoms with Crippen LogP contribution in [-0.2, 0) is 10.1 Å². The van der Waals surface area contributed by atoms with Crippen molar-refractivity contribution in [1.29, 1.82) is 0 Å². The minimum atomic E-state index is -4.00. The molecule has 1 N–H and O–H groups in total. The van der Waals surface area contributed by atoms with Crippen molar-refractivity contribution in [3.8, 4) is 0 Å². The zero-order valence-electron chi connectivity index (χ0n) is 10.2. The number of rotatable bonds is 1. The van der Waals surface area contributed by atoms with E-state index in [1.807, 2.05) is 32.0 Å². The van der Waals surface area contributed by atoms with E-state index in [2.05, 4.69) is 4.98 Å². The molecule has 0 saturated heterocycles. The van der Waals surface area contributed by atoms with Gasteiger partial charge in [0, 0.05) is 11.4 Å². The number of pyridine rings is 1. The van der Waals surface area contributed by atoms with Crippen LogP contribution in [0.4, 0.5) is 0 Å². The average Bonchev–Trinajstić information content (AvgIpc) is 2.29. The molecule has 5 heteroatoms. The Morgan fingerprint density at radius 1 is 0.889 bits per heavy atom. The lowest BCUT2D eigenvalue weighted by Gasteiger charge is -1.92. The fraction of sp³-hybridized carbons (Fsp3) is 0.154. The van der Waals surface area contributed by atoms with Crippen molar-refractivity contribution in [2.24, 2.45) is 0 Å². The lowest BCUT2D eigenvalue weighted by Crippen LogP contribution is -1.96. The van der Waals surface area contributed by atoms with Gasteiger partial charge in [-0.15, -0.1) is 0 Å². The predicted molar refractivity (Wildman–Crippen MR) is 70.0 cm³/mol. The maximum atomic E-state index is 10.4. The van der Waals surface area contributed by atoms with Crippen molar-refractivity contribution in [1.82, 2.24) is 4.98 Å². The lowest BCUT2D eigenvalue weighted by atomic mass is 10.3. The number of hydrogen-bond acceptors (Lipinski definition) is 3. The summed E-state index contributed by atoms with van der Waals surface area (Å²) in [5, 5.41) is 0. The molecule has 0 spiro atoms. The van der Waals surface area contributed by atoms with Crippen LogP contribution in [0.15, 0.2) is 53.4 Å². The van der Waals surface area contributed by atoms with Crippen molar-refractivity contribution in [2.75, 3.05) is 0 Å². The Hall–Kier alpha value is -1.72. The van der Waals surface area contributed by atoms with Gasteiger partial charge in [0.15, 0.2) is 0 Å². The fourth-order valence-electron chi connectivity index (χ4n) is 1.27. The van der Waals surface area contributed by atoms with Crippen LogP contribution in [-0.4, -0.2) is 18.0 Å². The molecule has 0 aliphatic rings. The van der Waals surface area contributed by atoms with Crippen molar-refractivity contribution in [3.63, 3.8) is 0 Å². The summed E-state index contributed by atoms with van der Waals surface area (Å²) in [5.74, 6) is 0. The normalized spacial score (nSPS) is 10.4. The predicted octanol–water partition coefficient (Wildman–Crippen LogP) is 2.63. The number of nitrogens with zero attached hydrogens (tertiary/aromatic N) is 1. The van der Waals surface area contributed by atoms with Gasteiger partial charge in [-0.2, -0.15) is 8.42 Å². The molecule has 2 rings (SSSR count). The van der Waals surface area contributed by atoms with Gasteiger partial charge in [0.25, 0.3) is 10.1 Å². The van der Waals surface area contributed by atoms with Gasteiger partial charge in [-0.3, -0.25) is 9.54 Å². The highest BCUT2D eigenvalue weighted by atomic mass is 32.2. The highest BCUT2D eigenvalue weighted by Gasteiger charge is 2.05. The van der Waals surface area contributed by atoms with Crippen LogP contribution in [0.2, 0.25) is 0 Å². The van der Waals surface area contributed by atoms with Crippen LogP contribution in [0.5, 0.6) is 0 Å². The molecule has 1 aromatic carbocycles. The van der Waals surface area contributed by atoms with Gasteiger partial charge in [0.05, 0.1) is 4.90 Å². The summed E-state index contributed by atoms with van der Waals surface area (Å²) in [6.45, 7) is 3.99. The number of aromatic nitrogens is 1. The third-order valence-electron chi connectivity index (χ3n) is 2.07. The van der Waals surface area contributed by atoms with Crippen molar-refractivity contribution in [2.45, 2.75) is 18.7 Å². The van der Waals surface area contributed by atoms with Crippen LogP contribution in [0.25, 0.3) is 0 Å². The summed E-state index contributed by atoms with van der Waals surface area (Å²) in [6.07, 6.45) is 0. The number of hydrogen-bond donors (Lipinski definition) is 1. The molecule has 1 aromatic heterocycles. The topological polar surface area (TPSA) is 67.3 Å². The minimum Gasteiger partial charge on any atom is -0.282 e. The first-order chi connectivity index (χ1) is 8.39. The first-order valence-corrected chi connectivity index (χ1v) is 6.76. The molecular weight excluding hydrogens is 250 g/mol. The summed E-state index contributed by atoms with van der Waals surface area (Å²) in [4.78, 5) is 4.10. The van der Waals surface area contributed by atoms with Crippen molar-refractivity contribution < 1.29 is 13.0 Å². The SMILES string of the molecule is Cc1cccc(C)n1.O=S(=O)(O)c1ccccc1. The van der Waals surface area contributed by atoms with E-state index in [1.54, 1.807) is 18.2 Å². The van der Waals surface area contributed by atoms with Gasteiger partial charge >= 0.3 is 0 Å². The van der Waals surface area contributed by atoms with E-state index >= 15 is 0 Å². The third kappa shape index (κ3) is 5.07. The van der Waals surface area contributed by atoms with E-state index in [1.165, 1.54) is 12.1 Å². The summed E-state index contributed by atoms with van der Waals surface area (Å²) >= 11 is 0.